The number of benzene rings is 2. The molecule has 2 aromatic heterocycles. The van der Waals surface area contributed by atoms with E-state index in [1.807, 2.05) is 25.3 Å². The molecule has 3 heterocycles. The Morgan fingerprint density at radius 2 is 1.93 bits per heavy atom. The number of anilines is 1. The smallest absolute Gasteiger partial charge is 0.135 e. The van der Waals surface area contributed by atoms with E-state index in [1.165, 1.54) is 18.2 Å². The van der Waals surface area contributed by atoms with Crippen molar-refractivity contribution < 1.29 is 8.78 Å². The first kappa shape index (κ1) is 26.7. The number of nitrogens with zero attached hydrogens (tertiary/aromatic N) is 3. The second-order valence-corrected chi connectivity index (χ2v) is 11.7. The molecule has 1 aliphatic carbocycles. The van der Waals surface area contributed by atoms with Crippen LogP contribution in [0.4, 0.5) is 20.2 Å². The maximum absolute atomic E-state index is 15.3. The highest BCUT2D eigenvalue weighted by Gasteiger charge is 2.68. The molecule has 208 valence electrons. The van der Waals surface area contributed by atoms with Crippen molar-refractivity contribution in [1.82, 2.24) is 14.9 Å². The number of nitrogens with two attached hydrogens (primary N) is 1. The van der Waals surface area contributed by atoms with Crippen molar-refractivity contribution in [1.29, 1.82) is 0 Å². The largest absolute Gasteiger partial charge is 0.383 e. The lowest BCUT2D eigenvalue weighted by Crippen LogP contribution is -2.36. The Bertz CT molecular complexity index is 1680. The molecule has 3 atom stereocenters. The van der Waals surface area contributed by atoms with Gasteiger partial charge in [-0.1, -0.05) is 25.4 Å². The van der Waals surface area contributed by atoms with Crippen molar-refractivity contribution in [3.8, 4) is 11.1 Å². The molecular weight excluding hydrogens is 530 g/mol. The zero-order chi connectivity index (χ0) is 28.4. The van der Waals surface area contributed by atoms with Crippen molar-refractivity contribution in [3.05, 3.63) is 82.1 Å². The van der Waals surface area contributed by atoms with Gasteiger partial charge in [0.2, 0.25) is 0 Å². The second kappa shape index (κ2) is 9.56. The predicted octanol–water partition coefficient (Wildman–Crippen LogP) is 6.79. The number of aliphatic imine (C=N–C) groups is 1. The maximum Gasteiger partial charge on any atom is 0.135 e. The molecule has 2 fully saturated rings. The summed E-state index contributed by atoms with van der Waals surface area (Å²) in [5.74, 6) is -0.573. The lowest BCUT2D eigenvalue weighted by Gasteiger charge is -2.23. The van der Waals surface area contributed by atoms with Crippen molar-refractivity contribution in [3.63, 3.8) is 0 Å². The van der Waals surface area contributed by atoms with Crippen LogP contribution >= 0.6 is 11.6 Å². The molecule has 9 heteroatoms. The lowest BCUT2D eigenvalue weighted by atomic mass is 9.96. The number of aromatic nitrogens is 2. The number of rotatable bonds is 7. The number of amidine groups is 1. The highest BCUT2D eigenvalue weighted by Crippen LogP contribution is 2.52. The molecule has 1 aliphatic heterocycles. The summed E-state index contributed by atoms with van der Waals surface area (Å²) in [5.41, 5.74) is 12.2. The lowest BCUT2D eigenvalue weighted by molar-refractivity contribution is 0.570. The van der Waals surface area contributed by atoms with E-state index in [9.17, 15) is 4.39 Å². The molecule has 6 rings (SSSR count). The van der Waals surface area contributed by atoms with Gasteiger partial charge in [-0.05, 0) is 81.0 Å². The molecule has 1 saturated carbocycles. The van der Waals surface area contributed by atoms with Crippen LogP contribution < -0.4 is 16.4 Å². The van der Waals surface area contributed by atoms with Crippen LogP contribution in [0.3, 0.4) is 0 Å². The predicted molar refractivity (Wildman–Crippen MR) is 158 cm³/mol. The maximum atomic E-state index is 15.3. The molecule has 3 unspecified atom stereocenters. The molecule has 40 heavy (non-hydrogen) atoms. The Kier molecular flexibility index (Phi) is 6.39. The molecular formula is C31H33ClF2N6. The summed E-state index contributed by atoms with van der Waals surface area (Å²) in [5, 5.41) is 12.3. The minimum Gasteiger partial charge on any atom is -0.383 e. The van der Waals surface area contributed by atoms with Gasteiger partial charge < -0.3 is 16.4 Å². The third kappa shape index (κ3) is 4.25. The normalized spacial score (nSPS) is 24.0. The van der Waals surface area contributed by atoms with E-state index in [0.717, 1.165) is 53.6 Å². The van der Waals surface area contributed by atoms with Crippen LogP contribution in [0.2, 0.25) is 5.02 Å². The Labute approximate surface area is 237 Å². The molecule has 0 bridgehead atoms. The molecule has 0 spiro atoms. The summed E-state index contributed by atoms with van der Waals surface area (Å²) < 4.78 is 31.0. The number of aryl methyl sites for hydroxylation is 2. The standard InChI is InChI=1S/C31H33ClF2N6/c1-5-17-11-21(24(34)12-18(17)6-2)19-13-26-28(38-27-9-10-30(3)31(27,4)39-30)22(15-36-40(26)16-19)29(35)37-25-14-20(33)7-8-23(25)32/h7-8,11-16,27,38-39H,5-6,9-10H2,1-4H3,(H2,35,37). The van der Waals surface area contributed by atoms with Crippen LogP contribution in [-0.4, -0.2) is 32.6 Å². The number of halogens is 3. The number of hydrogen-bond acceptors (Lipinski definition) is 4. The zero-order valence-electron chi connectivity index (χ0n) is 23.1. The van der Waals surface area contributed by atoms with Crippen LogP contribution in [0, 0.1) is 11.6 Å². The van der Waals surface area contributed by atoms with Gasteiger partial charge in [0.15, 0.2) is 0 Å². The first-order valence-electron chi connectivity index (χ1n) is 13.8. The Balaban J connectivity index is 1.50. The van der Waals surface area contributed by atoms with Gasteiger partial charge in [-0.3, -0.25) is 0 Å². The van der Waals surface area contributed by atoms with Crippen LogP contribution in [0.25, 0.3) is 16.6 Å². The van der Waals surface area contributed by atoms with Crippen molar-refractivity contribution in [2.75, 3.05) is 5.32 Å². The van der Waals surface area contributed by atoms with Gasteiger partial charge in [0.05, 0.1) is 39.2 Å². The summed E-state index contributed by atoms with van der Waals surface area (Å²) in [6, 6.07) is 9.61. The Morgan fingerprint density at radius 1 is 1.18 bits per heavy atom. The SMILES string of the molecule is CCc1cc(F)c(-c2cc3c(NC4CCC5(C)NC45C)c(C(N)=Nc4cc(F)ccc4Cl)cnn3c2)cc1CC. The third-order valence-electron chi connectivity index (χ3n) is 8.99. The first-order chi connectivity index (χ1) is 19.1. The molecule has 6 nitrogen and oxygen atoms in total. The van der Waals surface area contributed by atoms with E-state index in [-0.39, 0.29) is 39.5 Å². The highest BCUT2D eigenvalue weighted by molar-refractivity contribution is 6.33. The summed E-state index contributed by atoms with van der Waals surface area (Å²) in [7, 11) is 0. The van der Waals surface area contributed by atoms with Crippen molar-refractivity contribution in [2.45, 2.75) is 70.5 Å². The van der Waals surface area contributed by atoms with Crippen molar-refractivity contribution >= 4 is 34.3 Å². The minimum atomic E-state index is -0.459. The Morgan fingerprint density at radius 3 is 2.60 bits per heavy atom. The quantitative estimate of drug-likeness (QED) is 0.131. The number of piperidine rings is 1. The summed E-state index contributed by atoms with van der Waals surface area (Å²) in [6.45, 7) is 8.58. The van der Waals surface area contributed by atoms with E-state index < -0.39 is 5.82 Å². The Hall–Kier alpha value is -3.49. The van der Waals surface area contributed by atoms with Crippen LogP contribution in [0.5, 0.6) is 0 Å². The molecule has 4 aromatic rings. The van der Waals surface area contributed by atoms with Crippen LogP contribution in [0.1, 0.15) is 57.2 Å². The minimum absolute atomic E-state index is 0.0736. The van der Waals surface area contributed by atoms with Gasteiger partial charge >= 0.3 is 0 Å². The molecule has 2 aromatic carbocycles. The molecule has 0 radical (unpaired) electrons. The van der Waals surface area contributed by atoms with E-state index in [0.29, 0.717) is 11.1 Å². The number of nitrogens with one attached hydrogen (secondary N) is 2. The van der Waals surface area contributed by atoms with Crippen LogP contribution in [-0.2, 0) is 12.8 Å². The van der Waals surface area contributed by atoms with E-state index in [2.05, 4.69) is 41.5 Å². The topological polar surface area (TPSA) is 89.6 Å². The van der Waals surface area contributed by atoms with Gasteiger partial charge in [0.1, 0.15) is 17.5 Å². The average Bonchev–Trinajstić information content (AvgIpc) is 3.18. The first-order valence-corrected chi connectivity index (χ1v) is 14.1. The highest BCUT2D eigenvalue weighted by atomic mass is 35.5. The average molecular weight is 563 g/mol. The van der Waals surface area contributed by atoms with E-state index in [1.54, 1.807) is 16.8 Å². The molecule has 4 N–H and O–H groups in total. The van der Waals surface area contributed by atoms with E-state index >= 15 is 4.39 Å². The zero-order valence-corrected chi connectivity index (χ0v) is 23.8. The summed E-state index contributed by atoms with van der Waals surface area (Å²) in [6.07, 6.45) is 7.08. The fraction of sp³-hybridized carbons (Fsp3) is 0.355. The second-order valence-electron chi connectivity index (χ2n) is 11.3. The summed E-state index contributed by atoms with van der Waals surface area (Å²) in [4.78, 5) is 4.47. The molecule has 0 amide bonds. The van der Waals surface area contributed by atoms with E-state index in [4.69, 9.17) is 17.3 Å². The summed E-state index contributed by atoms with van der Waals surface area (Å²) >= 11 is 6.28. The molecule has 1 saturated heterocycles. The number of hydrogen-bond donors (Lipinski definition) is 3. The van der Waals surface area contributed by atoms with Gasteiger partial charge in [-0.2, -0.15) is 5.10 Å². The third-order valence-corrected chi connectivity index (χ3v) is 9.31. The van der Waals surface area contributed by atoms with Gasteiger partial charge in [-0.15, -0.1) is 0 Å². The fourth-order valence-electron chi connectivity index (χ4n) is 6.30. The van der Waals surface area contributed by atoms with Crippen molar-refractivity contribution in [2.24, 2.45) is 10.7 Å². The van der Waals surface area contributed by atoms with Gasteiger partial charge in [-0.25, -0.2) is 18.3 Å². The van der Waals surface area contributed by atoms with Gasteiger partial charge in [0.25, 0.3) is 0 Å². The van der Waals surface area contributed by atoms with Gasteiger partial charge in [0, 0.05) is 35.0 Å². The van der Waals surface area contributed by atoms with Crippen LogP contribution in [0.15, 0.2) is 53.8 Å². The molecule has 2 aliphatic rings. The monoisotopic (exact) mass is 562 g/mol. The fourth-order valence-corrected chi connectivity index (χ4v) is 6.46. The number of fused-ring (bicyclic) bond motifs is 2.